The van der Waals surface area contributed by atoms with E-state index < -0.39 is 28.4 Å². The van der Waals surface area contributed by atoms with Gasteiger partial charge in [0, 0.05) is 19.4 Å². The lowest BCUT2D eigenvalue weighted by Gasteiger charge is -2.29. The van der Waals surface area contributed by atoms with Crippen LogP contribution in [-0.4, -0.2) is 73.9 Å². The Labute approximate surface area is 163 Å². The van der Waals surface area contributed by atoms with Crippen LogP contribution in [0.5, 0.6) is 0 Å². The first-order chi connectivity index (χ1) is 13.2. The average molecular weight is 425 g/mol. The predicted molar refractivity (Wildman–Crippen MR) is 94.0 cm³/mol. The third-order valence-corrected chi connectivity index (χ3v) is 4.85. The van der Waals surface area contributed by atoms with E-state index in [-0.39, 0.29) is 24.9 Å². The number of likely N-dealkylation sites (N-methyl/N-ethyl adjacent to an activating group) is 1. The van der Waals surface area contributed by atoms with E-state index in [2.05, 4.69) is 9.76 Å². The van der Waals surface area contributed by atoms with E-state index in [0.717, 1.165) is 4.90 Å². The van der Waals surface area contributed by atoms with Crippen LogP contribution in [0, 0.1) is 0 Å². The minimum absolute atomic E-state index is 0.0578. The van der Waals surface area contributed by atoms with Crippen molar-refractivity contribution in [2.24, 2.45) is 0 Å². The van der Waals surface area contributed by atoms with Gasteiger partial charge in [0.1, 0.15) is 6.04 Å². The van der Waals surface area contributed by atoms with Crippen molar-refractivity contribution in [3.05, 3.63) is 0 Å². The molecule has 13 heteroatoms. The highest BCUT2D eigenvalue weighted by Gasteiger charge is 2.39. The van der Waals surface area contributed by atoms with Gasteiger partial charge in [-0.1, -0.05) is 13.3 Å². The molecule has 1 aliphatic carbocycles. The molecule has 28 heavy (non-hydrogen) atoms. The summed E-state index contributed by atoms with van der Waals surface area (Å²) in [5.74, 6) is -0.553. The van der Waals surface area contributed by atoms with Gasteiger partial charge in [-0.3, -0.25) is 14.2 Å². The number of hydroxylamine groups is 2. The summed E-state index contributed by atoms with van der Waals surface area (Å²) in [6, 6.07) is -1.90. The number of ether oxygens (including phenoxy) is 2. The van der Waals surface area contributed by atoms with Gasteiger partial charge < -0.3 is 14.4 Å². The standard InChI is InChI=1S/C15H27N3O9S/c1-3-5-11(18(4-2)15(20)17-27-28(21,22)23)14(19)16-26-10-8-12-13(9-10)25-7-6-24-12/h10-13H,3-9H2,1-2H3,(H,16,19)(H,17,20)(H,21,22,23)/t10?,11-,12?,13?/m0/s1. The van der Waals surface area contributed by atoms with Crippen LogP contribution in [0.3, 0.4) is 0 Å². The van der Waals surface area contributed by atoms with Crippen LogP contribution in [0.25, 0.3) is 0 Å². The monoisotopic (exact) mass is 425 g/mol. The van der Waals surface area contributed by atoms with Crippen LogP contribution in [0.2, 0.25) is 0 Å². The van der Waals surface area contributed by atoms with Gasteiger partial charge in [0.05, 0.1) is 31.5 Å². The molecule has 3 atom stereocenters. The molecule has 0 radical (unpaired) electrons. The molecular weight excluding hydrogens is 398 g/mol. The molecule has 3 N–H and O–H groups in total. The molecule has 2 rings (SSSR count). The minimum atomic E-state index is -4.86. The molecule has 0 spiro atoms. The van der Waals surface area contributed by atoms with Crippen molar-refractivity contribution in [2.75, 3.05) is 19.8 Å². The van der Waals surface area contributed by atoms with Crippen molar-refractivity contribution >= 4 is 22.3 Å². The SMILES string of the molecule is CCC[C@@H](C(=O)NOC1CC2OCCOC2C1)N(CC)C(=O)NOS(=O)(=O)O. The van der Waals surface area contributed by atoms with E-state index in [9.17, 15) is 18.0 Å². The lowest BCUT2D eigenvalue weighted by atomic mass is 10.1. The van der Waals surface area contributed by atoms with Crippen LogP contribution >= 0.6 is 0 Å². The lowest BCUT2D eigenvalue weighted by Crippen LogP contribution is -2.53. The molecule has 2 fully saturated rings. The van der Waals surface area contributed by atoms with Crippen molar-refractivity contribution < 1.29 is 41.2 Å². The Morgan fingerprint density at radius 1 is 1.18 bits per heavy atom. The molecule has 12 nitrogen and oxygen atoms in total. The van der Waals surface area contributed by atoms with Gasteiger partial charge >= 0.3 is 16.4 Å². The molecule has 0 aromatic heterocycles. The van der Waals surface area contributed by atoms with E-state index in [0.29, 0.717) is 38.9 Å². The van der Waals surface area contributed by atoms with Crippen LogP contribution in [0.1, 0.15) is 39.5 Å². The first kappa shape index (κ1) is 22.8. The van der Waals surface area contributed by atoms with Crippen molar-refractivity contribution in [3.63, 3.8) is 0 Å². The number of rotatable bonds is 9. The molecule has 1 saturated heterocycles. The molecule has 3 amide bonds. The van der Waals surface area contributed by atoms with E-state index in [1.54, 1.807) is 12.4 Å². The first-order valence-corrected chi connectivity index (χ1v) is 10.5. The zero-order valence-corrected chi connectivity index (χ0v) is 16.6. The normalized spacial score (nSPS) is 25.6. The number of fused-ring (bicyclic) bond motifs is 1. The quantitative estimate of drug-likeness (QED) is 0.340. The molecular formula is C15H27N3O9S. The Morgan fingerprint density at radius 3 is 2.29 bits per heavy atom. The maximum Gasteiger partial charge on any atom is 0.418 e. The summed E-state index contributed by atoms with van der Waals surface area (Å²) < 4.78 is 44.9. The van der Waals surface area contributed by atoms with Crippen molar-refractivity contribution in [3.8, 4) is 0 Å². The fraction of sp³-hybridized carbons (Fsp3) is 0.867. The smallest absolute Gasteiger partial charge is 0.373 e. The van der Waals surface area contributed by atoms with Crippen molar-refractivity contribution in [2.45, 2.75) is 63.9 Å². The summed E-state index contributed by atoms with van der Waals surface area (Å²) in [6.45, 7) is 4.60. The van der Waals surface area contributed by atoms with Gasteiger partial charge in [-0.05, 0) is 13.3 Å². The van der Waals surface area contributed by atoms with E-state index >= 15 is 0 Å². The Balaban J connectivity index is 1.91. The van der Waals surface area contributed by atoms with E-state index in [1.807, 2.05) is 6.92 Å². The second-order valence-electron chi connectivity index (χ2n) is 6.50. The Kier molecular flexibility index (Phi) is 8.39. The molecule has 0 aromatic rings. The number of hydrogen-bond donors (Lipinski definition) is 3. The van der Waals surface area contributed by atoms with Crippen molar-refractivity contribution in [1.82, 2.24) is 15.9 Å². The second kappa shape index (κ2) is 10.3. The minimum Gasteiger partial charge on any atom is -0.373 e. The van der Waals surface area contributed by atoms with Gasteiger partial charge in [-0.15, -0.1) is 4.28 Å². The number of urea groups is 1. The summed E-state index contributed by atoms with van der Waals surface area (Å²) in [4.78, 5) is 31.3. The van der Waals surface area contributed by atoms with Gasteiger partial charge in [-0.25, -0.2) is 10.3 Å². The highest BCUT2D eigenvalue weighted by Crippen LogP contribution is 2.29. The first-order valence-electron chi connectivity index (χ1n) is 9.16. The lowest BCUT2D eigenvalue weighted by molar-refractivity contribution is -0.143. The van der Waals surface area contributed by atoms with Gasteiger partial charge in [0.2, 0.25) is 0 Å². The zero-order chi connectivity index (χ0) is 20.7. The average Bonchev–Trinajstić information content (AvgIpc) is 3.06. The molecule has 2 aliphatic rings. The number of hydrogen-bond acceptors (Lipinski definition) is 8. The predicted octanol–water partition coefficient (Wildman–Crippen LogP) is -0.0848. The third-order valence-electron chi connectivity index (χ3n) is 4.56. The van der Waals surface area contributed by atoms with Crippen LogP contribution in [0.4, 0.5) is 4.79 Å². The van der Waals surface area contributed by atoms with E-state index in [1.165, 1.54) is 0 Å². The molecule has 1 saturated carbocycles. The Hall–Kier alpha value is -1.51. The molecule has 0 bridgehead atoms. The fourth-order valence-corrected chi connectivity index (χ4v) is 3.50. The Bertz CT molecular complexity index is 631. The zero-order valence-electron chi connectivity index (χ0n) is 15.8. The maximum absolute atomic E-state index is 12.6. The number of nitrogens with zero attached hydrogens (tertiary/aromatic N) is 1. The number of carbonyl (C=O) groups excluding carboxylic acids is 2. The van der Waals surface area contributed by atoms with Gasteiger partial charge in [0.15, 0.2) is 0 Å². The third kappa shape index (κ3) is 6.53. The van der Waals surface area contributed by atoms with Crippen LogP contribution in [-0.2, 0) is 33.8 Å². The van der Waals surface area contributed by atoms with Crippen LogP contribution in [0.15, 0.2) is 0 Å². The summed E-state index contributed by atoms with van der Waals surface area (Å²) in [7, 11) is -4.86. The number of nitrogens with one attached hydrogen (secondary N) is 2. The van der Waals surface area contributed by atoms with Crippen LogP contribution < -0.4 is 11.0 Å². The summed E-state index contributed by atoms with van der Waals surface area (Å²) in [5, 5.41) is 0. The summed E-state index contributed by atoms with van der Waals surface area (Å²) >= 11 is 0. The topological polar surface area (TPSA) is 153 Å². The Morgan fingerprint density at radius 2 is 1.79 bits per heavy atom. The van der Waals surface area contributed by atoms with Crippen molar-refractivity contribution in [1.29, 1.82) is 0 Å². The highest BCUT2D eigenvalue weighted by molar-refractivity contribution is 7.80. The fourth-order valence-electron chi connectivity index (χ4n) is 3.33. The maximum atomic E-state index is 12.6. The molecule has 0 aromatic carbocycles. The molecule has 1 aliphatic heterocycles. The van der Waals surface area contributed by atoms with Gasteiger partial charge in [-0.2, -0.15) is 13.9 Å². The molecule has 2 unspecified atom stereocenters. The molecule has 1 heterocycles. The number of carbonyl (C=O) groups is 2. The largest absolute Gasteiger partial charge is 0.418 e. The molecule has 162 valence electrons. The summed E-state index contributed by atoms with van der Waals surface area (Å²) in [6.07, 6.45) is 1.68. The summed E-state index contributed by atoms with van der Waals surface area (Å²) in [5.41, 5.74) is 3.97. The van der Waals surface area contributed by atoms with E-state index in [4.69, 9.17) is 18.9 Å². The highest BCUT2D eigenvalue weighted by atomic mass is 32.3. The second-order valence-corrected chi connectivity index (χ2v) is 7.53. The number of amides is 3. The van der Waals surface area contributed by atoms with Gasteiger partial charge in [0.25, 0.3) is 5.91 Å².